The normalized spacial score (nSPS) is 10.7. The summed E-state index contributed by atoms with van der Waals surface area (Å²) >= 11 is 0. The van der Waals surface area contributed by atoms with Gasteiger partial charge in [-0.3, -0.25) is 0 Å². The largest absolute Gasteiger partial charge is 0.493 e. The molecule has 0 radical (unpaired) electrons. The van der Waals surface area contributed by atoms with E-state index in [1.54, 1.807) is 50.5 Å². The number of aromatic nitrogens is 4. The lowest BCUT2D eigenvalue weighted by molar-refractivity contribution is 0.324. The summed E-state index contributed by atoms with van der Waals surface area (Å²) in [5.74, 6) is 1.73. The Kier molecular flexibility index (Phi) is 3.42. The lowest BCUT2D eigenvalue weighted by Gasteiger charge is -2.14. The second-order valence-electron chi connectivity index (χ2n) is 4.46. The summed E-state index contributed by atoms with van der Waals surface area (Å²) in [7, 11) is 4.67. The van der Waals surface area contributed by atoms with Gasteiger partial charge in [-0.15, -0.1) is 5.10 Å². The van der Waals surface area contributed by atoms with E-state index in [1.165, 1.54) is 0 Å². The molecule has 2 aromatic heterocycles. The highest BCUT2D eigenvalue weighted by atomic mass is 16.5. The molecule has 0 saturated carbocycles. The first-order chi connectivity index (χ1) is 10.7. The number of benzene rings is 1. The third-order valence-electron chi connectivity index (χ3n) is 3.24. The SMILES string of the molecule is COc1cc(-c2nc(N)nn3cncc23)cc(OC)c1OC. The molecular weight excluding hydrogens is 286 g/mol. The lowest BCUT2D eigenvalue weighted by atomic mass is 10.1. The quantitative estimate of drug-likeness (QED) is 0.777. The van der Waals surface area contributed by atoms with Gasteiger partial charge < -0.3 is 19.9 Å². The van der Waals surface area contributed by atoms with E-state index in [1.807, 2.05) is 0 Å². The molecule has 0 atom stereocenters. The van der Waals surface area contributed by atoms with Gasteiger partial charge in [0.05, 0.1) is 27.5 Å². The lowest BCUT2D eigenvalue weighted by Crippen LogP contribution is -2.03. The Labute approximate surface area is 126 Å². The molecular formula is C14H15N5O3. The third-order valence-corrected chi connectivity index (χ3v) is 3.24. The molecule has 1 aromatic carbocycles. The number of nitrogens with zero attached hydrogens (tertiary/aromatic N) is 4. The van der Waals surface area contributed by atoms with Crippen LogP contribution < -0.4 is 19.9 Å². The fourth-order valence-corrected chi connectivity index (χ4v) is 2.27. The molecule has 22 heavy (non-hydrogen) atoms. The Morgan fingerprint density at radius 2 is 1.73 bits per heavy atom. The van der Waals surface area contributed by atoms with Gasteiger partial charge >= 0.3 is 0 Å². The molecule has 8 heteroatoms. The van der Waals surface area contributed by atoms with E-state index in [-0.39, 0.29) is 5.95 Å². The maximum atomic E-state index is 5.76. The Morgan fingerprint density at radius 1 is 1.05 bits per heavy atom. The van der Waals surface area contributed by atoms with Gasteiger partial charge in [-0.05, 0) is 12.1 Å². The van der Waals surface area contributed by atoms with Crippen LogP contribution in [-0.2, 0) is 0 Å². The fraction of sp³-hybridized carbons (Fsp3) is 0.214. The van der Waals surface area contributed by atoms with Crippen molar-refractivity contribution in [1.29, 1.82) is 0 Å². The van der Waals surface area contributed by atoms with E-state index >= 15 is 0 Å². The monoisotopic (exact) mass is 301 g/mol. The summed E-state index contributed by atoms with van der Waals surface area (Å²) < 4.78 is 17.6. The average molecular weight is 301 g/mol. The number of anilines is 1. The van der Waals surface area contributed by atoms with Crippen molar-refractivity contribution in [2.24, 2.45) is 0 Å². The number of ether oxygens (including phenoxy) is 3. The molecule has 8 nitrogen and oxygen atoms in total. The Bertz CT molecular complexity index is 805. The summed E-state index contributed by atoms with van der Waals surface area (Å²) in [6.07, 6.45) is 3.23. The van der Waals surface area contributed by atoms with Crippen LogP contribution >= 0.6 is 0 Å². The number of fused-ring (bicyclic) bond motifs is 1. The zero-order chi connectivity index (χ0) is 15.7. The molecule has 0 aliphatic rings. The van der Waals surface area contributed by atoms with Crippen molar-refractivity contribution in [3.63, 3.8) is 0 Å². The predicted octanol–water partition coefficient (Wildman–Crippen LogP) is 1.40. The van der Waals surface area contributed by atoms with Crippen molar-refractivity contribution in [1.82, 2.24) is 19.6 Å². The van der Waals surface area contributed by atoms with Crippen LogP contribution in [0.5, 0.6) is 17.2 Å². The maximum absolute atomic E-state index is 5.76. The van der Waals surface area contributed by atoms with Crippen molar-refractivity contribution in [2.45, 2.75) is 0 Å². The van der Waals surface area contributed by atoms with Gasteiger partial charge in [-0.25, -0.2) is 14.5 Å². The molecule has 3 rings (SSSR count). The first kappa shape index (κ1) is 13.9. The Morgan fingerprint density at radius 3 is 2.32 bits per heavy atom. The van der Waals surface area contributed by atoms with Gasteiger partial charge in [0.2, 0.25) is 11.7 Å². The number of nitrogens with two attached hydrogens (primary N) is 1. The highest BCUT2D eigenvalue weighted by molar-refractivity contribution is 5.79. The number of imidazole rings is 1. The van der Waals surface area contributed by atoms with Crippen LogP contribution in [0.15, 0.2) is 24.7 Å². The highest BCUT2D eigenvalue weighted by Crippen LogP contribution is 2.41. The van der Waals surface area contributed by atoms with Crippen molar-refractivity contribution in [3.8, 4) is 28.5 Å². The van der Waals surface area contributed by atoms with Gasteiger partial charge in [-0.2, -0.15) is 0 Å². The van der Waals surface area contributed by atoms with Crippen LogP contribution in [0, 0.1) is 0 Å². The molecule has 114 valence electrons. The summed E-state index contributed by atoms with van der Waals surface area (Å²) in [5.41, 5.74) is 7.87. The summed E-state index contributed by atoms with van der Waals surface area (Å²) in [6, 6.07) is 3.60. The zero-order valence-corrected chi connectivity index (χ0v) is 12.4. The van der Waals surface area contributed by atoms with Crippen LogP contribution in [0.2, 0.25) is 0 Å². The molecule has 0 spiro atoms. The van der Waals surface area contributed by atoms with E-state index in [4.69, 9.17) is 19.9 Å². The molecule has 0 aliphatic heterocycles. The Balaban J connectivity index is 2.28. The first-order valence-electron chi connectivity index (χ1n) is 6.44. The van der Waals surface area contributed by atoms with Gasteiger partial charge in [0.25, 0.3) is 0 Å². The highest BCUT2D eigenvalue weighted by Gasteiger charge is 2.17. The molecule has 0 unspecified atom stereocenters. The molecule has 0 bridgehead atoms. The second kappa shape index (κ2) is 5.40. The minimum atomic E-state index is 0.147. The van der Waals surface area contributed by atoms with Crippen molar-refractivity contribution < 1.29 is 14.2 Å². The van der Waals surface area contributed by atoms with Crippen molar-refractivity contribution in [3.05, 3.63) is 24.7 Å². The first-order valence-corrected chi connectivity index (χ1v) is 6.44. The number of hydrogen-bond acceptors (Lipinski definition) is 7. The van der Waals surface area contributed by atoms with Crippen LogP contribution in [0.4, 0.5) is 5.95 Å². The number of rotatable bonds is 4. The van der Waals surface area contributed by atoms with Crippen LogP contribution in [-0.4, -0.2) is 40.9 Å². The predicted molar refractivity (Wildman–Crippen MR) is 80.3 cm³/mol. The maximum Gasteiger partial charge on any atom is 0.239 e. The van der Waals surface area contributed by atoms with E-state index in [2.05, 4.69) is 15.1 Å². The van der Waals surface area contributed by atoms with Crippen LogP contribution in [0.1, 0.15) is 0 Å². The van der Waals surface area contributed by atoms with Crippen molar-refractivity contribution >= 4 is 11.5 Å². The fourth-order valence-electron chi connectivity index (χ4n) is 2.27. The van der Waals surface area contributed by atoms with E-state index in [0.717, 1.165) is 11.1 Å². The van der Waals surface area contributed by atoms with Gasteiger partial charge in [-0.1, -0.05) is 0 Å². The smallest absolute Gasteiger partial charge is 0.239 e. The molecule has 0 fully saturated rings. The third kappa shape index (κ3) is 2.14. The van der Waals surface area contributed by atoms with Gasteiger partial charge in [0, 0.05) is 5.56 Å². The molecule has 0 saturated heterocycles. The van der Waals surface area contributed by atoms with E-state index in [0.29, 0.717) is 22.9 Å². The Hall–Kier alpha value is -3.03. The number of nitrogen functional groups attached to an aromatic ring is 1. The van der Waals surface area contributed by atoms with Gasteiger partial charge in [0.15, 0.2) is 11.5 Å². The topological polar surface area (TPSA) is 96.8 Å². The van der Waals surface area contributed by atoms with Crippen molar-refractivity contribution in [2.75, 3.05) is 27.1 Å². The molecule has 0 aliphatic carbocycles. The summed E-state index contributed by atoms with van der Waals surface area (Å²) in [5, 5.41) is 4.07. The van der Waals surface area contributed by atoms with Crippen LogP contribution in [0.25, 0.3) is 16.8 Å². The molecule has 2 heterocycles. The minimum absolute atomic E-state index is 0.147. The zero-order valence-electron chi connectivity index (χ0n) is 12.4. The van der Waals surface area contributed by atoms with E-state index in [9.17, 15) is 0 Å². The van der Waals surface area contributed by atoms with Gasteiger partial charge in [0.1, 0.15) is 17.5 Å². The van der Waals surface area contributed by atoms with Crippen LogP contribution in [0.3, 0.4) is 0 Å². The molecule has 3 aromatic rings. The minimum Gasteiger partial charge on any atom is -0.493 e. The number of methoxy groups -OCH3 is 3. The van der Waals surface area contributed by atoms with E-state index < -0.39 is 0 Å². The average Bonchev–Trinajstić information content (AvgIpc) is 3.00. The standard InChI is InChI=1S/C14H15N5O3/c1-20-10-4-8(5-11(21-2)13(10)22-3)12-9-6-16-7-19(9)18-14(15)17-12/h4-7H,1-3H3,(H2,15,18). The molecule has 0 amide bonds. The molecule has 2 N–H and O–H groups in total. The second-order valence-corrected chi connectivity index (χ2v) is 4.46. The number of hydrogen-bond donors (Lipinski definition) is 1. The summed E-state index contributed by atoms with van der Waals surface area (Å²) in [6.45, 7) is 0. The summed E-state index contributed by atoms with van der Waals surface area (Å²) in [4.78, 5) is 8.37.